The maximum absolute atomic E-state index is 15.1. The number of nitrogens with zero attached hydrogens (tertiary/aromatic N) is 4. The van der Waals surface area contributed by atoms with E-state index >= 15 is 4.39 Å². The molecule has 2 aliphatic heterocycles. The van der Waals surface area contributed by atoms with E-state index in [2.05, 4.69) is 26.7 Å². The van der Waals surface area contributed by atoms with Crippen LogP contribution in [0, 0.1) is 23.6 Å². The molecule has 2 saturated heterocycles. The Hall–Kier alpha value is -3.65. The summed E-state index contributed by atoms with van der Waals surface area (Å²) in [6, 6.07) is 11.8. The van der Waals surface area contributed by atoms with Gasteiger partial charge in [-0.05, 0) is 93.1 Å². The average molecular weight is 720 g/mol. The monoisotopic (exact) mass is 719 g/mol. The van der Waals surface area contributed by atoms with Crippen molar-refractivity contribution in [2.24, 2.45) is 17.8 Å². The molecular weight excluding hydrogens is 674 g/mol. The Bertz CT molecular complexity index is 1740. The molecule has 0 spiro atoms. The quantitative estimate of drug-likeness (QED) is 0.236. The summed E-state index contributed by atoms with van der Waals surface area (Å²) in [7, 11) is -3.82. The van der Waals surface area contributed by atoms with Crippen molar-refractivity contribution < 1.29 is 35.5 Å². The Morgan fingerprint density at radius 3 is 2.40 bits per heavy atom. The SMILES string of the molecule is CCc1nccn1CC(c1cccc(F)c1)(C1CCN(CC2CN(c3ccc(S(=O)(=O)C(F)(F)F)cc3)C2)CC1)C1CCCC1OC(=O)NC. The van der Waals surface area contributed by atoms with Crippen LogP contribution in [0.1, 0.15) is 50.4 Å². The summed E-state index contributed by atoms with van der Waals surface area (Å²) in [6.07, 6.45) is 8.06. The summed E-state index contributed by atoms with van der Waals surface area (Å²) in [6.45, 7) is 6.68. The number of amides is 1. The number of imidazole rings is 1. The molecule has 3 aliphatic rings. The summed E-state index contributed by atoms with van der Waals surface area (Å²) in [5.41, 5.74) is -4.24. The van der Waals surface area contributed by atoms with E-state index in [0.29, 0.717) is 18.2 Å². The molecule has 2 aromatic carbocycles. The molecule has 14 heteroatoms. The molecule has 50 heavy (non-hydrogen) atoms. The lowest BCUT2D eigenvalue weighted by Gasteiger charge is -2.51. The van der Waals surface area contributed by atoms with Gasteiger partial charge in [-0.15, -0.1) is 0 Å². The number of anilines is 1. The maximum atomic E-state index is 15.1. The number of benzene rings is 2. The highest BCUT2D eigenvalue weighted by Crippen LogP contribution is 2.52. The zero-order valence-corrected chi connectivity index (χ0v) is 29.2. The third kappa shape index (κ3) is 7.10. The smallest absolute Gasteiger partial charge is 0.446 e. The van der Waals surface area contributed by atoms with Gasteiger partial charge in [0.05, 0.1) is 4.90 Å². The van der Waals surface area contributed by atoms with Crippen molar-refractivity contribution in [3.05, 3.63) is 78.1 Å². The molecule has 6 rings (SSSR count). The molecule has 3 unspecified atom stereocenters. The third-order valence-corrected chi connectivity index (χ3v) is 12.6. The predicted molar refractivity (Wildman–Crippen MR) is 181 cm³/mol. The van der Waals surface area contributed by atoms with Gasteiger partial charge in [-0.1, -0.05) is 19.1 Å². The van der Waals surface area contributed by atoms with Crippen LogP contribution in [0.3, 0.4) is 0 Å². The van der Waals surface area contributed by atoms with Crippen molar-refractivity contribution in [3.8, 4) is 0 Å². The summed E-state index contributed by atoms with van der Waals surface area (Å²) in [5.74, 6) is 1.17. The molecule has 1 aromatic heterocycles. The van der Waals surface area contributed by atoms with Crippen LogP contribution < -0.4 is 10.2 Å². The van der Waals surface area contributed by atoms with Crippen molar-refractivity contribution >= 4 is 21.6 Å². The molecule has 1 amide bonds. The van der Waals surface area contributed by atoms with E-state index in [9.17, 15) is 26.4 Å². The van der Waals surface area contributed by atoms with Crippen LogP contribution in [0.5, 0.6) is 0 Å². The van der Waals surface area contributed by atoms with Crippen molar-refractivity contribution in [2.75, 3.05) is 44.7 Å². The summed E-state index contributed by atoms with van der Waals surface area (Å²) in [4.78, 5) is 20.9. The largest absolute Gasteiger partial charge is 0.501 e. The highest BCUT2D eigenvalue weighted by atomic mass is 32.2. The first-order chi connectivity index (χ1) is 23.8. The van der Waals surface area contributed by atoms with Gasteiger partial charge >= 0.3 is 11.6 Å². The van der Waals surface area contributed by atoms with Crippen LogP contribution in [-0.4, -0.2) is 80.3 Å². The first kappa shape index (κ1) is 36.2. The van der Waals surface area contributed by atoms with Crippen LogP contribution in [0.25, 0.3) is 0 Å². The molecule has 0 bridgehead atoms. The number of carbonyl (C=O) groups excluding carboxylic acids is 1. The van der Waals surface area contributed by atoms with Gasteiger partial charge in [0.1, 0.15) is 17.7 Å². The lowest BCUT2D eigenvalue weighted by molar-refractivity contribution is -0.0436. The number of hydrogen-bond donors (Lipinski definition) is 1. The molecule has 1 aliphatic carbocycles. The molecule has 1 saturated carbocycles. The Kier molecular flexibility index (Phi) is 10.5. The number of aryl methyl sites for hydroxylation is 1. The maximum Gasteiger partial charge on any atom is 0.501 e. The van der Waals surface area contributed by atoms with Gasteiger partial charge in [0.25, 0.3) is 9.84 Å². The number of sulfone groups is 1. The number of piperidine rings is 1. The lowest BCUT2D eigenvalue weighted by atomic mass is 9.58. The van der Waals surface area contributed by atoms with E-state index in [0.717, 1.165) is 94.8 Å². The molecule has 3 heterocycles. The molecule has 9 nitrogen and oxygen atoms in total. The Balaban J connectivity index is 1.18. The van der Waals surface area contributed by atoms with E-state index in [4.69, 9.17) is 4.74 Å². The van der Waals surface area contributed by atoms with Crippen molar-refractivity contribution in [3.63, 3.8) is 0 Å². The number of rotatable bonds is 11. The van der Waals surface area contributed by atoms with E-state index in [1.54, 1.807) is 19.2 Å². The topological polar surface area (TPSA) is 96.8 Å². The summed E-state index contributed by atoms with van der Waals surface area (Å²) < 4.78 is 85.6. The molecule has 272 valence electrons. The number of hydrogen-bond acceptors (Lipinski definition) is 7. The Morgan fingerprint density at radius 1 is 1.04 bits per heavy atom. The molecule has 1 N–H and O–H groups in total. The lowest BCUT2D eigenvalue weighted by Crippen LogP contribution is -2.55. The second kappa shape index (κ2) is 14.5. The molecule has 0 radical (unpaired) electrons. The van der Waals surface area contributed by atoms with Crippen LogP contribution in [-0.2, 0) is 33.0 Å². The van der Waals surface area contributed by atoms with Gasteiger partial charge in [0.2, 0.25) is 0 Å². The fraction of sp³-hybridized carbons (Fsp3) is 0.556. The highest BCUT2D eigenvalue weighted by Gasteiger charge is 2.53. The fourth-order valence-electron chi connectivity index (χ4n) is 8.66. The minimum Gasteiger partial charge on any atom is -0.446 e. The van der Waals surface area contributed by atoms with E-state index in [1.807, 2.05) is 23.4 Å². The first-order valence-electron chi connectivity index (χ1n) is 17.4. The minimum absolute atomic E-state index is 0.0250. The second-order valence-electron chi connectivity index (χ2n) is 13.9. The number of likely N-dealkylation sites (tertiary alicyclic amines) is 1. The number of ether oxygens (including phenoxy) is 1. The number of nitrogens with one attached hydrogen (secondary N) is 1. The van der Waals surface area contributed by atoms with Crippen molar-refractivity contribution in [1.29, 1.82) is 0 Å². The summed E-state index contributed by atoms with van der Waals surface area (Å²) >= 11 is 0. The summed E-state index contributed by atoms with van der Waals surface area (Å²) in [5, 5.41) is 2.61. The number of aromatic nitrogens is 2. The fourth-order valence-corrected chi connectivity index (χ4v) is 9.42. The third-order valence-electron chi connectivity index (χ3n) is 11.1. The van der Waals surface area contributed by atoms with Crippen LogP contribution in [0.4, 0.5) is 28.0 Å². The molecule has 3 aromatic rings. The van der Waals surface area contributed by atoms with Gasteiger partial charge in [0, 0.05) is 75.0 Å². The van der Waals surface area contributed by atoms with Crippen LogP contribution in [0.2, 0.25) is 0 Å². The highest BCUT2D eigenvalue weighted by molar-refractivity contribution is 7.92. The van der Waals surface area contributed by atoms with E-state index in [1.165, 1.54) is 18.2 Å². The number of carbonyl (C=O) groups is 1. The zero-order chi connectivity index (χ0) is 35.7. The van der Waals surface area contributed by atoms with Gasteiger partial charge in [-0.25, -0.2) is 22.6 Å². The van der Waals surface area contributed by atoms with Gasteiger partial charge in [0.15, 0.2) is 0 Å². The van der Waals surface area contributed by atoms with Gasteiger partial charge in [-0.2, -0.15) is 13.2 Å². The molecular formula is C36H45F4N5O4S. The van der Waals surface area contributed by atoms with E-state index in [-0.39, 0.29) is 23.8 Å². The molecule has 3 fully saturated rings. The van der Waals surface area contributed by atoms with Crippen molar-refractivity contribution in [2.45, 2.75) is 73.9 Å². The minimum atomic E-state index is -5.38. The van der Waals surface area contributed by atoms with E-state index < -0.39 is 31.7 Å². The normalized spacial score (nSPS) is 22.2. The van der Waals surface area contributed by atoms with Crippen LogP contribution in [0.15, 0.2) is 65.8 Å². The molecule has 3 atom stereocenters. The zero-order valence-electron chi connectivity index (χ0n) is 28.4. The number of halogens is 4. The van der Waals surface area contributed by atoms with Gasteiger partial charge in [-0.3, -0.25) is 0 Å². The first-order valence-corrected chi connectivity index (χ1v) is 18.9. The standard InChI is InChI=1S/C36H45F4N5O4S/c1-3-33-42-16-19-44(33)24-35(27-6-4-7-28(37)20-27,31-8-5-9-32(31)49-34(46)41-2)26-14-17-43(18-15-26)21-25-22-45(23-25)29-10-12-30(13-11-29)50(47,48)36(38,39)40/h4,6-7,10-13,16,19-20,25-26,31-32H,3,5,8-9,14-15,17-18,21-24H2,1-2H3,(H,41,46). The predicted octanol–water partition coefficient (Wildman–Crippen LogP) is 6.19. The Morgan fingerprint density at radius 2 is 1.76 bits per heavy atom. The van der Waals surface area contributed by atoms with Gasteiger partial charge < -0.3 is 24.4 Å². The average Bonchev–Trinajstić information content (AvgIpc) is 3.74. The number of alkyl carbamates (subject to hydrolysis) is 1. The van der Waals surface area contributed by atoms with Crippen LogP contribution >= 0.6 is 0 Å². The second-order valence-corrected chi connectivity index (χ2v) is 15.8. The van der Waals surface area contributed by atoms with Crippen molar-refractivity contribution in [1.82, 2.24) is 19.8 Å². The number of alkyl halides is 3. The Labute approximate surface area is 290 Å².